The molecule has 2 N–H and O–H groups in total. The third-order valence-electron chi connectivity index (χ3n) is 3.60. The second-order valence-electron chi connectivity index (χ2n) is 5.26. The van der Waals surface area contributed by atoms with Crippen LogP contribution < -0.4 is 10.5 Å². The number of fused-ring (bicyclic) bond motifs is 1. The van der Waals surface area contributed by atoms with E-state index in [1.165, 1.54) is 19.2 Å². The summed E-state index contributed by atoms with van der Waals surface area (Å²) in [5, 5.41) is 4.17. The summed E-state index contributed by atoms with van der Waals surface area (Å²) in [6.07, 6.45) is 6.02. The van der Waals surface area contributed by atoms with E-state index < -0.39 is 0 Å². The molecule has 1 saturated carbocycles. The van der Waals surface area contributed by atoms with Crippen LogP contribution in [-0.2, 0) is 0 Å². The van der Waals surface area contributed by atoms with Crippen molar-refractivity contribution in [3.8, 4) is 5.88 Å². The van der Waals surface area contributed by atoms with E-state index >= 15 is 0 Å². The molecular weight excluding hydrogens is 228 g/mol. The molecule has 0 amide bonds. The molecule has 5 heteroatoms. The summed E-state index contributed by atoms with van der Waals surface area (Å²) >= 11 is 0. The fourth-order valence-corrected chi connectivity index (χ4v) is 2.56. The Hall–Kier alpha value is -1.62. The van der Waals surface area contributed by atoms with Crippen LogP contribution in [0.3, 0.4) is 0 Å². The first kappa shape index (κ1) is 11.5. The summed E-state index contributed by atoms with van der Waals surface area (Å²) < 4.78 is 7.59. The molecule has 0 spiro atoms. The van der Waals surface area contributed by atoms with E-state index in [2.05, 4.69) is 10.1 Å². The van der Waals surface area contributed by atoms with Gasteiger partial charge in [0.05, 0.1) is 5.54 Å². The van der Waals surface area contributed by atoms with Crippen LogP contribution in [0.2, 0.25) is 0 Å². The summed E-state index contributed by atoms with van der Waals surface area (Å²) in [6, 6.07) is 3.95. The highest BCUT2D eigenvalue weighted by molar-refractivity contribution is 5.43. The topological polar surface area (TPSA) is 65.4 Å². The Morgan fingerprint density at radius 1 is 1.39 bits per heavy atom. The van der Waals surface area contributed by atoms with Crippen molar-refractivity contribution in [1.82, 2.24) is 14.6 Å². The van der Waals surface area contributed by atoms with Gasteiger partial charge in [-0.1, -0.05) is 12.8 Å². The predicted molar refractivity (Wildman–Crippen MR) is 68.6 cm³/mol. The highest BCUT2D eigenvalue weighted by Gasteiger charge is 2.30. The fourth-order valence-electron chi connectivity index (χ4n) is 2.56. The predicted octanol–water partition coefficient (Wildman–Crippen LogP) is 1.69. The van der Waals surface area contributed by atoms with E-state index in [1.807, 2.05) is 19.1 Å². The molecule has 0 aromatic carbocycles. The van der Waals surface area contributed by atoms with Gasteiger partial charge in [-0.05, 0) is 31.4 Å². The molecule has 3 rings (SSSR count). The first-order chi connectivity index (χ1) is 8.66. The summed E-state index contributed by atoms with van der Waals surface area (Å²) in [5.74, 6) is 0.722. The van der Waals surface area contributed by atoms with E-state index in [4.69, 9.17) is 10.5 Å². The quantitative estimate of drug-likeness (QED) is 0.895. The molecule has 0 aliphatic heterocycles. The maximum absolute atomic E-state index is 6.29. The minimum Gasteiger partial charge on any atom is -0.476 e. The average molecular weight is 246 g/mol. The Labute approximate surface area is 106 Å². The molecule has 0 saturated heterocycles. The van der Waals surface area contributed by atoms with Gasteiger partial charge in [0, 0.05) is 6.07 Å². The lowest BCUT2D eigenvalue weighted by atomic mass is 10.0. The molecule has 0 radical (unpaired) electrons. The first-order valence-electron chi connectivity index (χ1n) is 6.38. The first-order valence-corrected chi connectivity index (χ1v) is 6.38. The van der Waals surface area contributed by atoms with Crippen LogP contribution in [-0.4, -0.2) is 26.7 Å². The van der Waals surface area contributed by atoms with Gasteiger partial charge in [-0.25, -0.2) is 4.98 Å². The van der Waals surface area contributed by atoms with Crippen molar-refractivity contribution in [1.29, 1.82) is 0 Å². The highest BCUT2D eigenvalue weighted by atomic mass is 16.5. The van der Waals surface area contributed by atoms with Crippen LogP contribution in [0.5, 0.6) is 5.88 Å². The van der Waals surface area contributed by atoms with Crippen molar-refractivity contribution in [3.63, 3.8) is 0 Å². The summed E-state index contributed by atoms with van der Waals surface area (Å²) in [4.78, 5) is 4.18. The van der Waals surface area contributed by atoms with E-state index in [0.29, 0.717) is 6.61 Å². The van der Waals surface area contributed by atoms with Crippen LogP contribution in [0.15, 0.2) is 18.5 Å². The van der Waals surface area contributed by atoms with Crippen LogP contribution in [0.25, 0.3) is 5.65 Å². The fraction of sp³-hybridized carbons (Fsp3) is 0.538. The zero-order valence-electron chi connectivity index (χ0n) is 10.6. The molecule has 2 aromatic rings. The van der Waals surface area contributed by atoms with Crippen molar-refractivity contribution >= 4 is 5.65 Å². The van der Waals surface area contributed by atoms with Gasteiger partial charge < -0.3 is 10.5 Å². The molecule has 2 aromatic heterocycles. The molecule has 0 unspecified atom stereocenters. The average Bonchev–Trinajstić information content (AvgIpc) is 2.95. The molecule has 18 heavy (non-hydrogen) atoms. The maximum Gasteiger partial charge on any atom is 0.216 e. The zero-order chi connectivity index (χ0) is 12.6. The third kappa shape index (κ3) is 2.06. The SMILES string of the molecule is Cc1cc(OCC2(N)CCCC2)n2ncnc2c1. The smallest absolute Gasteiger partial charge is 0.216 e. The Kier molecular flexibility index (Phi) is 2.70. The molecular formula is C13H18N4O. The Balaban J connectivity index is 1.83. The molecule has 1 fully saturated rings. The number of aromatic nitrogens is 3. The number of pyridine rings is 1. The number of nitrogens with zero attached hydrogens (tertiary/aromatic N) is 3. The summed E-state index contributed by atoms with van der Waals surface area (Å²) in [5.41, 5.74) is 8.05. The monoisotopic (exact) mass is 246 g/mol. The third-order valence-corrected chi connectivity index (χ3v) is 3.60. The van der Waals surface area contributed by atoms with E-state index in [-0.39, 0.29) is 5.54 Å². The maximum atomic E-state index is 6.29. The molecule has 0 bridgehead atoms. The molecule has 1 aliphatic rings. The van der Waals surface area contributed by atoms with Crippen LogP contribution >= 0.6 is 0 Å². The molecule has 96 valence electrons. The van der Waals surface area contributed by atoms with Gasteiger partial charge in [-0.2, -0.15) is 9.61 Å². The van der Waals surface area contributed by atoms with E-state index in [9.17, 15) is 0 Å². The molecule has 1 aliphatic carbocycles. The van der Waals surface area contributed by atoms with Crippen LogP contribution in [0.1, 0.15) is 31.2 Å². The number of aryl methyl sites for hydroxylation is 1. The van der Waals surface area contributed by atoms with E-state index in [0.717, 1.165) is 29.9 Å². The molecule has 0 atom stereocenters. The minimum absolute atomic E-state index is 0.170. The minimum atomic E-state index is -0.170. The number of nitrogens with two attached hydrogens (primary N) is 1. The van der Waals surface area contributed by atoms with Crippen molar-refractivity contribution in [3.05, 3.63) is 24.0 Å². The van der Waals surface area contributed by atoms with Crippen molar-refractivity contribution < 1.29 is 4.74 Å². The number of hydrogen-bond acceptors (Lipinski definition) is 4. The normalized spacial score (nSPS) is 18.3. The lowest BCUT2D eigenvalue weighted by molar-refractivity contribution is 0.209. The van der Waals surface area contributed by atoms with Gasteiger partial charge in [-0.15, -0.1) is 0 Å². The highest BCUT2D eigenvalue weighted by Crippen LogP contribution is 2.28. The van der Waals surface area contributed by atoms with Gasteiger partial charge in [0.1, 0.15) is 12.9 Å². The Morgan fingerprint density at radius 3 is 2.94 bits per heavy atom. The van der Waals surface area contributed by atoms with Crippen LogP contribution in [0.4, 0.5) is 0 Å². The van der Waals surface area contributed by atoms with Gasteiger partial charge in [0.25, 0.3) is 0 Å². The lowest BCUT2D eigenvalue weighted by Gasteiger charge is -2.23. The lowest BCUT2D eigenvalue weighted by Crippen LogP contribution is -2.42. The largest absolute Gasteiger partial charge is 0.476 e. The molecule has 2 heterocycles. The number of ether oxygens (including phenoxy) is 1. The van der Waals surface area contributed by atoms with Gasteiger partial charge >= 0.3 is 0 Å². The zero-order valence-corrected chi connectivity index (χ0v) is 10.6. The second-order valence-corrected chi connectivity index (χ2v) is 5.26. The summed E-state index contributed by atoms with van der Waals surface area (Å²) in [6.45, 7) is 2.57. The number of hydrogen-bond donors (Lipinski definition) is 1. The standard InChI is InChI=1S/C13H18N4O/c1-10-6-11-15-9-16-17(11)12(7-10)18-8-13(14)4-2-3-5-13/h6-7,9H,2-5,8,14H2,1H3. The van der Waals surface area contributed by atoms with Crippen molar-refractivity contribution in [2.45, 2.75) is 38.1 Å². The second kappa shape index (κ2) is 4.24. The van der Waals surface area contributed by atoms with Gasteiger partial charge in [0.15, 0.2) is 5.65 Å². The Bertz CT molecular complexity index is 557. The van der Waals surface area contributed by atoms with Crippen LogP contribution in [0, 0.1) is 6.92 Å². The van der Waals surface area contributed by atoms with Crippen molar-refractivity contribution in [2.75, 3.05) is 6.61 Å². The summed E-state index contributed by atoms with van der Waals surface area (Å²) in [7, 11) is 0. The Morgan fingerprint density at radius 2 is 2.17 bits per heavy atom. The van der Waals surface area contributed by atoms with Gasteiger partial charge in [0.2, 0.25) is 5.88 Å². The van der Waals surface area contributed by atoms with E-state index in [1.54, 1.807) is 4.52 Å². The molecule has 5 nitrogen and oxygen atoms in total. The number of rotatable bonds is 3. The van der Waals surface area contributed by atoms with Gasteiger partial charge in [-0.3, -0.25) is 0 Å². The van der Waals surface area contributed by atoms with Crippen molar-refractivity contribution in [2.24, 2.45) is 5.73 Å².